The molecule has 4 rings (SSSR count). The van der Waals surface area contributed by atoms with E-state index in [1.807, 2.05) is 0 Å². The molecule has 25 heavy (non-hydrogen) atoms. The van der Waals surface area contributed by atoms with Crippen LogP contribution in [0.5, 0.6) is 0 Å². The van der Waals surface area contributed by atoms with Crippen molar-refractivity contribution in [1.82, 2.24) is 0 Å². The van der Waals surface area contributed by atoms with Crippen molar-refractivity contribution >= 4 is 28.4 Å². The van der Waals surface area contributed by atoms with E-state index in [9.17, 15) is 9.90 Å². The molecule has 0 aromatic carbocycles. The normalized spacial score (nSPS) is 52.4. The van der Waals surface area contributed by atoms with Gasteiger partial charge in [-0.15, -0.1) is 0 Å². The highest BCUT2D eigenvalue weighted by Crippen LogP contribution is 2.67. The minimum Gasteiger partial charge on any atom is -0.392 e. The molecule has 1 unspecified atom stereocenters. The number of halogens is 1. The van der Waals surface area contributed by atoms with E-state index in [1.54, 1.807) is 0 Å². The molecule has 2 nitrogen and oxygen atoms in total. The van der Waals surface area contributed by atoms with Gasteiger partial charge in [0.1, 0.15) is 5.78 Å². The van der Waals surface area contributed by atoms with Crippen molar-refractivity contribution in [3.63, 3.8) is 0 Å². The Labute approximate surface area is 167 Å². The second-order valence-electron chi connectivity index (χ2n) is 10.2. The Hall–Kier alpha value is 0.360. The van der Waals surface area contributed by atoms with Crippen LogP contribution >= 0.6 is 22.6 Å². The molecule has 0 radical (unpaired) electrons. The number of hydrogen-bond donors (Lipinski definition) is 1. The van der Waals surface area contributed by atoms with Crippen LogP contribution in [0.25, 0.3) is 0 Å². The lowest BCUT2D eigenvalue weighted by Gasteiger charge is -2.60. The maximum atomic E-state index is 12.0. The van der Waals surface area contributed by atoms with E-state index in [2.05, 4.69) is 36.4 Å². The van der Waals surface area contributed by atoms with Gasteiger partial charge in [0.25, 0.3) is 0 Å². The number of rotatable bonds is 3. The topological polar surface area (TPSA) is 37.3 Å². The van der Waals surface area contributed by atoms with Gasteiger partial charge >= 0.3 is 0 Å². The van der Waals surface area contributed by atoms with Crippen LogP contribution < -0.4 is 0 Å². The Balaban J connectivity index is 1.57. The monoisotopic (exact) mass is 458 g/mol. The maximum absolute atomic E-state index is 12.0. The first-order valence-electron chi connectivity index (χ1n) is 10.7. The van der Waals surface area contributed by atoms with Gasteiger partial charge in [-0.1, -0.05) is 36.4 Å². The van der Waals surface area contributed by atoms with E-state index in [0.717, 1.165) is 37.0 Å². The Bertz CT molecular complexity index is 534. The average molecular weight is 458 g/mol. The van der Waals surface area contributed by atoms with Crippen LogP contribution in [0.4, 0.5) is 0 Å². The second-order valence-corrected chi connectivity index (χ2v) is 11.3. The van der Waals surface area contributed by atoms with Gasteiger partial charge in [-0.05, 0) is 96.2 Å². The van der Waals surface area contributed by atoms with Crippen molar-refractivity contribution in [1.29, 1.82) is 0 Å². The standard InChI is InChI=1S/C22H35IO2/c1-21-9-7-16(24)13-15(21)5-6-17-18(21)8-10-22(2)19(17)12-14(20(22)25)4-3-11-23/h14-15,17-20,25H,3-13H2,1-2H3/t14-,15?,17-,18+,19+,20+,21+,22+/m1/s1. The Kier molecular flexibility index (Phi) is 5.06. The van der Waals surface area contributed by atoms with Gasteiger partial charge in [0.15, 0.2) is 0 Å². The molecule has 8 atom stereocenters. The molecule has 0 spiro atoms. The fourth-order valence-electron chi connectivity index (χ4n) is 7.81. The minimum absolute atomic E-state index is 0.0835. The van der Waals surface area contributed by atoms with Crippen LogP contribution in [0.1, 0.15) is 78.1 Å². The number of alkyl halides is 1. The zero-order chi connectivity index (χ0) is 17.8. The lowest BCUT2D eigenvalue weighted by Crippen LogP contribution is -2.54. The van der Waals surface area contributed by atoms with Crippen molar-refractivity contribution < 1.29 is 9.90 Å². The summed E-state index contributed by atoms with van der Waals surface area (Å²) in [5.74, 6) is 4.00. The van der Waals surface area contributed by atoms with E-state index in [0.29, 0.717) is 23.0 Å². The van der Waals surface area contributed by atoms with Crippen LogP contribution in [0.2, 0.25) is 0 Å². The van der Waals surface area contributed by atoms with E-state index in [-0.39, 0.29) is 11.5 Å². The molecule has 0 aromatic heterocycles. The SMILES string of the molecule is C[C@]12CC[C@H]3[C@@H](CCC4CC(=O)CC[C@@]43C)[C@@H]1C[C@@H](CCCI)[C@@H]2O. The number of aliphatic hydroxyl groups excluding tert-OH is 1. The largest absolute Gasteiger partial charge is 0.392 e. The molecule has 4 saturated carbocycles. The molecule has 4 aliphatic rings. The zero-order valence-electron chi connectivity index (χ0n) is 16.0. The summed E-state index contributed by atoms with van der Waals surface area (Å²) in [6.45, 7) is 4.92. The zero-order valence-corrected chi connectivity index (χ0v) is 18.1. The summed E-state index contributed by atoms with van der Waals surface area (Å²) in [6, 6.07) is 0. The van der Waals surface area contributed by atoms with Gasteiger partial charge in [0.2, 0.25) is 0 Å². The minimum atomic E-state index is -0.0835. The highest BCUT2D eigenvalue weighted by atomic mass is 127. The predicted molar refractivity (Wildman–Crippen MR) is 110 cm³/mol. The third kappa shape index (κ3) is 2.85. The summed E-state index contributed by atoms with van der Waals surface area (Å²) >= 11 is 2.47. The highest BCUT2D eigenvalue weighted by Gasteiger charge is 2.61. The fourth-order valence-corrected chi connectivity index (χ4v) is 8.25. The summed E-state index contributed by atoms with van der Waals surface area (Å²) in [5.41, 5.74) is 0.550. The summed E-state index contributed by atoms with van der Waals surface area (Å²) in [6.07, 6.45) is 11.5. The average Bonchev–Trinajstić information content (AvgIpc) is 2.85. The molecule has 0 aliphatic heterocycles. The van der Waals surface area contributed by atoms with E-state index in [4.69, 9.17) is 0 Å². The van der Waals surface area contributed by atoms with Gasteiger partial charge in [-0.3, -0.25) is 4.79 Å². The molecule has 4 aliphatic carbocycles. The van der Waals surface area contributed by atoms with Crippen molar-refractivity contribution in [2.75, 3.05) is 4.43 Å². The highest BCUT2D eigenvalue weighted by molar-refractivity contribution is 14.1. The number of carbonyl (C=O) groups is 1. The van der Waals surface area contributed by atoms with E-state index >= 15 is 0 Å². The number of carbonyl (C=O) groups excluding carboxylic acids is 1. The van der Waals surface area contributed by atoms with Crippen LogP contribution in [0, 0.1) is 40.4 Å². The molecule has 3 heteroatoms. The number of hydrogen-bond acceptors (Lipinski definition) is 2. The van der Waals surface area contributed by atoms with Gasteiger partial charge in [-0.25, -0.2) is 0 Å². The van der Waals surface area contributed by atoms with Crippen LogP contribution in [0.3, 0.4) is 0 Å². The van der Waals surface area contributed by atoms with Crippen molar-refractivity contribution in [3.05, 3.63) is 0 Å². The summed E-state index contributed by atoms with van der Waals surface area (Å²) in [4.78, 5) is 12.0. The van der Waals surface area contributed by atoms with Crippen molar-refractivity contribution in [3.8, 4) is 0 Å². The molecular weight excluding hydrogens is 423 g/mol. The smallest absolute Gasteiger partial charge is 0.133 e. The summed E-state index contributed by atoms with van der Waals surface area (Å²) in [5, 5.41) is 11.1. The van der Waals surface area contributed by atoms with Gasteiger partial charge in [-0.2, -0.15) is 0 Å². The molecule has 0 heterocycles. The first kappa shape index (κ1) is 18.7. The molecule has 0 saturated heterocycles. The molecule has 1 N–H and O–H groups in total. The fraction of sp³-hybridized carbons (Fsp3) is 0.955. The molecular formula is C22H35IO2. The second kappa shape index (κ2) is 6.76. The molecule has 4 fully saturated rings. The number of ketones is 1. The first-order chi connectivity index (χ1) is 11.9. The molecule has 0 bridgehead atoms. The van der Waals surface area contributed by atoms with E-state index in [1.165, 1.54) is 49.4 Å². The molecule has 0 amide bonds. The van der Waals surface area contributed by atoms with Crippen molar-refractivity contribution in [2.45, 2.75) is 84.2 Å². The number of aliphatic hydroxyl groups is 1. The van der Waals surface area contributed by atoms with Crippen molar-refractivity contribution in [2.24, 2.45) is 40.4 Å². The Morgan fingerprint density at radius 3 is 2.68 bits per heavy atom. The summed E-state index contributed by atoms with van der Waals surface area (Å²) < 4.78 is 1.21. The van der Waals surface area contributed by atoms with E-state index < -0.39 is 0 Å². The summed E-state index contributed by atoms with van der Waals surface area (Å²) in [7, 11) is 0. The Morgan fingerprint density at radius 2 is 1.92 bits per heavy atom. The van der Waals surface area contributed by atoms with Gasteiger partial charge in [0, 0.05) is 12.8 Å². The predicted octanol–water partition coefficient (Wildman–Crippen LogP) is 5.40. The number of fused-ring (bicyclic) bond motifs is 5. The lowest BCUT2D eigenvalue weighted by atomic mass is 9.45. The third-order valence-electron chi connectivity index (χ3n) is 9.31. The number of Topliss-reactive ketones (excluding diaryl/α,β-unsaturated/α-hetero) is 1. The molecule has 142 valence electrons. The Morgan fingerprint density at radius 1 is 1.12 bits per heavy atom. The quantitative estimate of drug-likeness (QED) is 0.454. The third-order valence-corrected chi connectivity index (χ3v) is 10.1. The van der Waals surface area contributed by atoms with Gasteiger partial charge in [0.05, 0.1) is 6.10 Å². The first-order valence-corrected chi connectivity index (χ1v) is 12.2. The maximum Gasteiger partial charge on any atom is 0.133 e. The molecule has 0 aromatic rings. The van der Waals surface area contributed by atoms with Crippen LogP contribution in [-0.2, 0) is 4.79 Å². The van der Waals surface area contributed by atoms with Crippen LogP contribution in [0.15, 0.2) is 0 Å². The van der Waals surface area contributed by atoms with Gasteiger partial charge < -0.3 is 5.11 Å². The van der Waals surface area contributed by atoms with Crippen LogP contribution in [-0.4, -0.2) is 21.4 Å². The lowest BCUT2D eigenvalue weighted by molar-refractivity contribution is -0.142.